The van der Waals surface area contributed by atoms with Crippen molar-refractivity contribution in [3.63, 3.8) is 0 Å². The fourth-order valence-corrected chi connectivity index (χ4v) is 4.47. The number of carbonyl (C=O) groups is 2. The van der Waals surface area contributed by atoms with Crippen LogP contribution in [0.4, 0.5) is 0 Å². The third kappa shape index (κ3) is 6.92. The molecule has 1 heterocycles. The topological polar surface area (TPSA) is 80.3 Å². The monoisotopic (exact) mass is 455 g/mol. The number of aromatic nitrogens is 1. The molecule has 1 aromatic carbocycles. The predicted molar refractivity (Wildman–Crippen MR) is 129 cm³/mol. The first-order valence-electron chi connectivity index (χ1n) is 11.4. The van der Waals surface area contributed by atoms with E-state index in [1.807, 2.05) is 36.6 Å². The molecule has 32 heavy (non-hydrogen) atoms. The highest BCUT2D eigenvalue weighted by Crippen LogP contribution is 2.28. The molecule has 172 valence electrons. The van der Waals surface area contributed by atoms with Crippen LogP contribution in [0.2, 0.25) is 0 Å². The van der Waals surface area contributed by atoms with E-state index in [0.717, 1.165) is 54.1 Å². The van der Waals surface area contributed by atoms with E-state index in [1.54, 1.807) is 17.4 Å². The third-order valence-electron chi connectivity index (χ3n) is 5.68. The van der Waals surface area contributed by atoms with Crippen molar-refractivity contribution in [3.8, 4) is 5.75 Å². The van der Waals surface area contributed by atoms with Gasteiger partial charge in [-0.3, -0.25) is 9.59 Å². The highest BCUT2D eigenvalue weighted by atomic mass is 32.1. The number of ether oxygens (including phenoxy) is 1. The molecule has 0 saturated heterocycles. The summed E-state index contributed by atoms with van der Waals surface area (Å²) >= 11 is 1.61. The smallest absolute Gasteiger partial charge is 0.245 e. The molecule has 6 nitrogen and oxygen atoms in total. The molecular formula is C25H33N3O3S. The maximum atomic E-state index is 12.8. The zero-order valence-electron chi connectivity index (χ0n) is 19.0. The van der Waals surface area contributed by atoms with Crippen LogP contribution < -0.4 is 15.4 Å². The van der Waals surface area contributed by atoms with Crippen molar-refractivity contribution in [2.24, 2.45) is 0 Å². The van der Waals surface area contributed by atoms with Crippen LogP contribution in [0.25, 0.3) is 6.08 Å². The summed E-state index contributed by atoms with van der Waals surface area (Å²) in [7, 11) is 0. The SMILES string of the molecule is CCCCNC(=O)C1(NC(=O)/C=C/c2ccc(OCc3csc(C)n3)cc2)CCCCC1. The number of thiazole rings is 1. The van der Waals surface area contributed by atoms with Crippen LogP contribution >= 0.6 is 11.3 Å². The van der Waals surface area contributed by atoms with Crippen LogP contribution in [0.5, 0.6) is 5.75 Å². The minimum Gasteiger partial charge on any atom is -0.487 e. The Morgan fingerprint density at radius 2 is 1.94 bits per heavy atom. The maximum Gasteiger partial charge on any atom is 0.245 e. The van der Waals surface area contributed by atoms with Gasteiger partial charge in [-0.1, -0.05) is 44.7 Å². The Morgan fingerprint density at radius 1 is 1.19 bits per heavy atom. The molecule has 1 fully saturated rings. The van der Waals surface area contributed by atoms with Gasteiger partial charge in [0.25, 0.3) is 0 Å². The summed E-state index contributed by atoms with van der Waals surface area (Å²) in [5.74, 6) is 0.461. The van der Waals surface area contributed by atoms with Gasteiger partial charge in [0.15, 0.2) is 0 Å². The van der Waals surface area contributed by atoms with Gasteiger partial charge in [0.1, 0.15) is 17.9 Å². The first-order valence-corrected chi connectivity index (χ1v) is 12.3. The highest BCUT2D eigenvalue weighted by Gasteiger charge is 2.40. The molecule has 0 aliphatic heterocycles. The molecule has 7 heteroatoms. The van der Waals surface area contributed by atoms with E-state index in [0.29, 0.717) is 26.0 Å². The van der Waals surface area contributed by atoms with Gasteiger partial charge in [-0.15, -0.1) is 11.3 Å². The van der Waals surface area contributed by atoms with E-state index < -0.39 is 5.54 Å². The first kappa shape index (κ1) is 24.0. The standard InChI is InChI=1S/C25H33N3O3S/c1-3-4-16-26-24(30)25(14-6-5-7-15-25)28-23(29)13-10-20-8-11-22(12-9-20)31-17-21-18-32-19(2)27-21/h8-13,18H,3-7,14-17H2,1-2H3,(H,26,30)(H,28,29)/b13-10+. The van der Waals surface area contributed by atoms with Crippen LogP contribution in [0.15, 0.2) is 35.7 Å². The Balaban J connectivity index is 1.55. The second kappa shape index (κ2) is 11.8. The van der Waals surface area contributed by atoms with Crippen LogP contribution in [0.1, 0.15) is 68.1 Å². The van der Waals surface area contributed by atoms with E-state index in [-0.39, 0.29) is 11.8 Å². The summed E-state index contributed by atoms with van der Waals surface area (Å²) in [6.07, 6.45) is 9.62. The molecule has 0 unspecified atom stereocenters. The average Bonchev–Trinajstić information content (AvgIpc) is 3.23. The zero-order valence-corrected chi connectivity index (χ0v) is 19.8. The molecule has 1 saturated carbocycles. The van der Waals surface area contributed by atoms with Crippen molar-refractivity contribution in [1.82, 2.24) is 15.6 Å². The molecule has 0 bridgehead atoms. The number of hydrogen-bond donors (Lipinski definition) is 2. The lowest BCUT2D eigenvalue weighted by Gasteiger charge is -2.36. The van der Waals surface area contributed by atoms with Crippen LogP contribution in [0, 0.1) is 6.92 Å². The van der Waals surface area contributed by atoms with Crippen molar-refractivity contribution in [2.75, 3.05) is 6.54 Å². The van der Waals surface area contributed by atoms with Gasteiger partial charge in [-0.05, 0) is 50.0 Å². The molecule has 2 N–H and O–H groups in total. The Bertz CT molecular complexity index is 915. The average molecular weight is 456 g/mol. The summed E-state index contributed by atoms with van der Waals surface area (Å²) in [6.45, 7) is 5.15. The summed E-state index contributed by atoms with van der Waals surface area (Å²) < 4.78 is 5.76. The van der Waals surface area contributed by atoms with E-state index in [9.17, 15) is 9.59 Å². The van der Waals surface area contributed by atoms with Crippen molar-refractivity contribution < 1.29 is 14.3 Å². The maximum absolute atomic E-state index is 12.8. The third-order valence-corrected chi connectivity index (χ3v) is 6.50. The largest absolute Gasteiger partial charge is 0.487 e. The van der Waals surface area contributed by atoms with Crippen molar-refractivity contribution >= 4 is 29.2 Å². The molecule has 0 radical (unpaired) electrons. The number of nitrogens with one attached hydrogen (secondary N) is 2. The van der Waals surface area contributed by atoms with E-state index in [2.05, 4.69) is 22.5 Å². The molecule has 2 aromatic rings. The Kier molecular flexibility index (Phi) is 8.85. The zero-order chi connectivity index (χ0) is 22.8. The molecule has 1 aliphatic rings. The van der Waals surface area contributed by atoms with Gasteiger partial charge < -0.3 is 15.4 Å². The normalized spacial score (nSPS) is 15.4. The molecular weight excluding hydrogens is 422 g/mol. The Hall–Kier alpha value is -2.67. The van der Waals surface area contributed by atoms with E-state index >= 15 is 0 Å². The van der Waals surface area contributed by atoms with Gasteiger partial charge in [-0.2, -0.15) is 0 Å². The van der Waals surface area contributed by atoms with E-state index in [4.69, 9.17) is 4.74 Å². The lowest BCUT2D eigenvalue weighted by atomic mass is 9.80. The van der Waals surface area contributed by atoms with Crippen LogP contribution in [-0.4, -0.2) is 28.9 Å². The number of unbranched alkanes of at least 4 members (excludes halogenated alkanes) is 1. The fourth-order valence-electron chi connectivity index (χ4n) is 3.87. The Morgan fingerprint density at radius 3 is 2.59 bits per heavy atom. The lowest BCUT2D eigenvalue weighted by Crippen LogP contribution is -2.59. The number of nitrogens with zero attached hydrogens (tertiary/aromatic N) is 1. The van der Waals surface area contributed by atoms with Gasteiger partial charge in [-0.25, -0.2) is 4.98 Å². The summed E-state index contributed by atoms with van der Waals surface area (Å²) in [5.41, 5.74) is 1.02. The van der Waals surface area contributed by atoms with Crippen LogP contribution in [0.3, 0.4) is 0 Å². The minimum absolute atomic E-state index is 0.0517. The quantitative estimate of drug-likeness (QED) is 0.399. The van der Waals surface area contributed by atoms with Gasteiger partial charge in [0.2, 0.25) is 11.8 Å². The predicted octanol–water partition coefficient (Wildman–Crippen LogP) is 4.78. The van der Waals surface area contributed by atoms with Gasteiger partial charge in [0, 0.05) is 18.0 Å². The van der Waals surface area contributed by atoms with Crippen LogP contribution in [-0.2, 0) is 16.2 Å². The van der Waals surface area contributed by atoms with Gasteiger partial charge in [0.05, 0.1) is 10.7 Å². The molecule has 0 spiro atoms. The second-order valence-electron chi connectivity index (χ2n) is 8.29. The molecule has 1 aliphatic carbocycles. The summed E-state index contributed by atoms with van der Waals surface area (Å²) in [5, 5.41) is 9.04. The summed E-state index contributed by atoms with van der Waals surface area (Å²) in [4.78, 5) is 29.9. The number of aryl methyl sites for hydroxylation is 1. The fraction of sp³-hybridized carbons (Fsp3) is 0.480. The molecule has 1 aromatic heterocycles. The highest BCUT2D eigenvalue weighted by molar-refractivity contribution is 7.09. The molecule has 0 atom stereocenters. The van der Waals surface area contributed by atoms with Crippen molar-refractivity contribution in [3.05, 3.63) is 52.0 Å². The second-order valence-corrected chi connectivity index (χ2v) is 9.35. The number of benzene rings is 1. The molecule has 3 rings (SSSR count). The molecule has 2 amide bonds. The van der Waals surface area contributed by atoms with E-state index in [1.165, 1.54) is 6.08 Å². The summed E-state index contributed by atoms with van der Waals surface area (Å²) in [6, 6.07) is 7.56. The minimum atomic E-state index is -0.793. The number of rotatable bonds is 10. The first-order chi connectivity index (χ1) is 15.5. The van der Waals surface area contributed by atoms with Crippen molar-refractivity contribution in [1.29, 1.82) is 0 Å². The van der Waals surface area contributed by atoms with Crippen molar-refractivity contribution in [2.45, 2.75) is 70.9 Å². The number of hydrogen-bond acceptors (Lipinski definition) is 5. The lowest BCUT2D eigenvalue weighted by molar-refractivity contribution is -0.133. The number of amides is 2. The van der Waals surface area contributed by atoms with Gasteiger partial charge >= 0.3 is 0 Å². The number of carbonyl (C=O) groups excluding carboxylic acids is 2. The Labute approximate surface area is 194 Å².